The Labute approximate surface area is 351 Å². The predicted octanol–water partition coefficient (Wildman–Crippen LogP) is 5.97. The molecule has 6 aromatic rings. The third-order valence-electron chi connectivity index (χ3n) is 9.61. The minimum atomic E-state index is -0.907. The number of aromatic amines is 2. The molecular weight excluding hydrogens is 803 g/mol. The Kier molecular flexibility index (Phi) is 16.1. The van der Waals surface area contributed by atoms with Gasteiger partial charge in [0.2, 0.25) is 5.91 Å². The SMILES string of the molecule is Cl.Clc1ccccc1N1CCNCC1.O=C(CCc1nc2ccccc2c(=O)[nH]1)N1CCN(c2ccccc2Cl)CC1.O=C(O)CCc1nc2ccccc2c(=O)[nH]1. The van der Waals surface area contributed by atoms with Crippen LogP contribution in [0, 0.1) is 0 Å². The van der Waals surface area contributed by atoms with E-state index in [1.807, 2.05) is 65.6 Å². The number of aliphatic carboxylic acids is 1. The monoisotopic (exact) mass is 846 g/mol. The smallest absolute Gasteiger partial charge is 0.303 e. The van der Waals surface area contributed by atoms with Crippen LogP contribution in [0.4, 0.5) is 11.4 Å². The number of carbonyl (C=O) groups is 2. The van der Waals surface area contributed by atoms with Gasteiger partial charge in [-0.05, 0) is 48.5 Å². The van der Waals surface area contributed by atoms with E-state index in [1.165, 1.54) is 0 Å². The molecule has 304 valence electrons. The van der Waals surface area contributed by atoms with Crippen molar-refractivity contribution in [1.29, 1.82) is 0 Å². The topological polar surface area (TPSA) is 168 Å². The molecular formula is C42H45Cl3N8O5. The van der Waals surface area contributed by atoms with E-state index in [0.717, 1.165) is 60.7 Å². The van der Waals surface area contributed by atoms with Gasteiger partial charge in [-0.25, -0.2) is 9.97 Å². The van der Waals surface area contributed by atoms with Crippen LogP contribution in [0.15, 0.2) is 107 Å². The summed E-state index contributed by atoms with van der Waals surface area (Å²) in [4.78, 5) is 67.1. The normalized spacial score (nSPS) is 13.8. The van der Waals surface area contributed by atoms with Gasteiger partial charge in [-0.15, -0.1) is 12.4 Å². The van der Waals surface area contributed by atoms with Crippen molar-refractivity contribution in [2.75, 3.05) is 62.2 Å². The summed E-state index contributed by atoms with van der Waals surface area (Å²) in [6.45, 7) is 7.00. The number of H-pyrrole nitrogens is 2. The van der Waals surface area contributed by atoms with E-state index in [-0.39, 0.29) is 42.3 Å². The first-order valence-electron chi connectivity index (χ1n) is 18.8. The quantitative estimate of drug-likeness (QED) is 0.143. The number of hydrogen-bond acceptors (Lipinski definition) is 9. The number of fused-ring (bicyclic) bond motifs is 2. The molecule has 16 heteroatoms. The van der Waals surface area contributed by atoms with Crippen LogP contribution >= 0.6 is 35.6 Å². The van der Waals surface area contributed by atoms with Crippen molar-refractivity contribution in [3.63, 3.8) is 0 Å². The summed E-state index contributed by atoms with van der Waals surface area (Å²) in [5.74, 6) is 0.128. The van der Waals surface area contributed by atoms with Crippen molar-refractivity contribution in [2.24, 2.45) is 0 Å². The van der Waals surface area contributed by atoms with Gasteiger partial charge in [0, 0.05) is 71.6 Å². The molecule has 0 unspecified atom stereocenters. The molecule has 1 amide bonds. The van der Waals surface area contributed by atoms with Crippen LogP contribution in [0.2, 0.25) is 10.0 Å². The lowest BCUT2D eigenvalue weighted by Crippen LogP contribution is -2.49. The molecule has 0 radical (unpaired) electrons. The molecule has 0 saturated carbocycles. The number of anilines is 2. The van der Waals surface area contributed by atoms with Gasteiger partial charge in [-0.1, -0.05) is 71.7 Å². The summed E-state index contributed by atoms with van der Waals surface area (Å²) in [7, 11) is 0. The Balaban J connectivity index is 0.000000181. The fraction of sp³-hybridized carbons (Fsp3) is 0.286. The predicted molar refractivity (Wildman–Crippen MR) is 233 cm³/mol. The van der Waals surface area contributed by atoms with Crippen LogP contribution in [0.25, 0.3) is 21.8 Å². The zero-order valence-electron chi connectivity index (χ0n) is 31.7. The van der Waals surface area contributed by atoms with E-state index in [9.17, 15) is 19.2 Å². The second-order valence-electron chi connectivity index (χ2n) is 13.5. The van der Waals surface area contributed by atoms with Gasteiger partial charge < -0.3 is 35.1 Å². The Morgan fingerprint density at radius 1 is 0.603 bits per heavy atom. The minimum absolute atomic E-state index is 0. The summed E-state index contributed by atoms with van der Waals surface area (Å²) in [6, 6.07) is 30.0. The molecule has 4 aromatic carbocycles. The number of carboxylic acid groups (broad SMARTS) is 1. The maximum atomic E-state index is 12.6. The molecule has 0 aliphatic carbocycles. The number of aromatic nitrogens is 4. The molecule has 2 aliphatic rings. The zero-order valence-corrected chi connectivity index (χ0v) is 34.0. The lowest BCUT2D eigenvalue weighted by molar-refractivity contribution is -0.137. The molecule has 2 aromatic heterocycles. The Morgan fingerprint density at radius 2 is 1.03 bits per heavy atom. The highest BCUT2D eigenvalue weighted by molar-refractivity contribution is 6.33. The first-order valence-corrected chi connectivity index (χ1v) is 19.6. The number of carbonyl (C=O) groups excluding carboxylic acids is 1. The first-order chi connectivity index (χ1) is 27.7. The fourth-order valence-corrected chi connectivity index (χ4v) is 7.14. The number of hydrogen-bond donors (Lipinski definition) is 4. The molecule has 58 heavy (non-hydrogen) atoms. The van der Waals surface area contributed by atoms with Crippen molar-refractivity contribution >= 4 is 80.7 Å². The maximum Gasteiger partial charge on any atom is 0.303 e. The average molecular weight is 848 g/mol. The van der Waals surface area contributed by atoms with Crippen LogP contribution in [-0.4, -0.2) is 94.2 Å². The van der Waals surface area contributed by atoms with Crippen LogP contribution in [-0.2, 0) is 22.4 Å². The number of rotatable bonds is 8. The number of halogens is 3. The summed E-state index contributed by atoms with van der Waals surface area (Å²) in [6.07, 6.45) is 0.938. The standard InChI is InChI=1S/C21H21ClN4O2.C11H10N2O3.C10H13ClN2.ClH/c22-16-6-2-4-8-18(16)25-11-13-26(14-12-25)20(27)10-9-19-23-17-7-3-1-5-15(17)21(28)24-19;14-10(15)6-5-9-12-8-4-2-1-3-7(8)11(16)13-9;11-9-3-1-2-4-10(9)13-7-5-12-6-8-13;/h1-8H,9-14H2,(H,23,24,28);1-4H,5-6H2,(H,14,15)(H,12,13,16);1-4,12H,5-8H2;1H. The number of amides is 1. The number of benzene rings is 4. The molecule has 0 bridgehead atoms. The van der Waals surface area contributed by atoms with E-state index in [1.54, 1.807) is 30.3 Å². The van der Waals surface area contributed by atoms with E-state index >= 15 is 0 Å². The van der Waals surface area contributed by atoms with Crippen molar-refractivity contribution in [3.05, 3.63) is 139 Å². The second-order valence-corrected chi connectivity index (χ2v) is 14.3. The van der Waals surface area contributed by atoms with Crippen molar-refractivity contribution in [2.45, 2.75) is 25.7 Å². The highest BCUT2D eigenvalue weighted by Crippen LogP contribution is 2.27. The highest BCUT2D eigenvalue weighted by atomic mass is 35.5. The molecule has 4 N–H and O–H groups in total. The lowest BCUT2D eigenvalue weighted by atomic mass is 10.2. The lowest BCUT2D eigenvalue weighted by Gasteiger charge is -2.36. The largest absolute Gasteiger partial charge is 0.481 e. The van der Waals surface area contributed by atoms with Crippen molar-refractivity contribution in [1.82, 2.24) is 30.2 Å². The van der Waals surface area contributed by atoms with Crippen molar-refractivity contribution in [3.8, 4) is 0 Å². The molecule has 2 fully saturated rings. The molecule has 0 spiro atoms. The maximum absolute atomic E-state index is 12.6. The van der Waals surface area contributed by atoms with Gasteiger partial charge >= 0.3 is 5.97 Å². The van der Waals surface area contributed by atoms with Crippen LogP contribution in [0.5, 0.6) is 0 Å². The van der Waals surface area contributed by atoms with Crippen molar-refractivity contribution < 1.29 is 14.7 Å². The highest BCUT2D eigenvalue weighted by Gasteiger charge is 2.22. The molecule has 8 rings (SSSR count). The molecule has 13 nitrogen and oxygen atoms in total. The van der Waals surface area contributed by atoms with Gasteiger partial charge in [0.15, 0.2) is 0 Å². The zero-order chi connectivity index (χ0) is 40.1. The number of para-hydroxylation sites is 4. The van der Waals surface area contributed by atoms with Gasteiger partial charge in [0.05, 0.1) is 49.6 Å². The summed E-state index contributed by atoms with van der Waals surface area (Å²) in [5.41, 5.74) is 3.01. The molecule has 0 atom stereocenters. The van der Waals surface area contributed by atoms with E-state index in [2.05, 4.69) is 41.1 Å². The molecule has 2 saturated heterocycles. The van der Waals surface area contributed by atoms with E-state index in [4.69, 9.17) is 28.3 Å². The van der Waals surface area contributed by atoms with Crippen LogP contribution in [0.3, 0.4) is 0 Å². The average Bonchev–Trinajstić information content (AvgIpc) is 3.23. The van der Waals surface area contributed by atoms with Gasteiger partial charge in [-0.2, -0.15) is 0 Å². The number of aryl methyl sites for hydroxylation is 2. The summed E-state index contributed by atoms with van der Waals surface area (Å²) >= 11 is 12.4. The summed E-state index contributed by atoms with van der Waals surface area (Å²) in [5, 5.41) is 14.5. The molecule has 4 heterocycles. The Morgan fingerprint density at radius 3 is 1.52 bits per heavy atom. The van der Waals surface area contributed by atoms with Gasteiger partial charge in [0.1, 0.15) is 11.6 Å². The second kappa shape index (κ2) is 21.3. The van der Waals surface area contributed by atoms with Gasteiger partial charge in [-0.3, -0.25) is 19.2 Å². The number of nitrogens with zero attached hydrogens (tertiary/aromatic N) is 5. The first kappa shape index (κ1) is 43.6. The number of piperazine rings is 2. The number of carboxylic acids is 1. The Bertz CT molecular complexity index is 2430. The van der Waals surface area contributed by atoms with E-state index in [0.29, 0.717) is 59.4 Å². The summed E-state index contributed by atoms with van der Waals surface area (Å²) < 4.78 is 0. The molecule has 2 aliphatic heterocycles. The minimum Gasteiger partial charge on any atom is -0.481 e. The fourth-order valence-electron chi connectivity index (χ4n) is 6.63. The van der Waals surface area contributed by atoms with Gasteiger partial charge in [0.25, 0.3) is 11.1 Å². The van der Waals surface area contributed by atoms with Crippen LogP contribution < -0.4 is 26.2 Å². The third-order valence-corrected chi connectivity index (χ3v) is 10.3. The Hall–Kier alpha value is -5.47. The van der Waals surface area contributed by atoms with Crippen LogP contribution in [0.1, 0.15) is 24.5 Å². The number of nitrogens with one attached hydrogen (secondary N) is 3. The third kappa shape index (κ3) is 11.8. The van der Waals surface area contributed by atoms with E-state index < -0.39 is 5.97 Å².